The first-order valence-corrected chi connectivity index (χ1v) is 9.07. The van der Waals surface area contributed by atoms with E-state index in [1.165, 1.54) is 6.07 Å². The number of benzene rings is 3. The van der Waals surface area contributed by atoms with E-state index in [0.29, 0.717) is 16.9 Å². The van der Waals surface area contributed by atoms with E-state index in [2.05, 4.69) is 0 Å². The smallest absolute Gasteiger partial charge is 0.340 e. The minimum absolute atomic E-state index is 0.117. The van der Waals surface area contributed by atoms with Crippen LogP contribution in [0.25, 0.3) is 11.1 Å². The zero-order chi connectivity index (χ0) is 19.3. The van der Waals surface area contributed by atoms with Gasteiger partial charge in [0.15, 0.2) is 18.3 Å². The summed E-state index contributed by atoms with van der Waals surface area (Å²) in [6, 6.07) is 20.9. The van der Waals surface area contributed by atoms with Crippen molar-refractivity contribution in [3.63, 3.8) is 0 Å². The quantitative estimate of drug-likeness (QED) is 0.680. The number of hydrogen-bond acceptors (Lipinski definition) is 5. The molecule has 0 aliphatic carbocycles. The van der Waals surface area contributed by atoms with Crippen LogP contribution < -0.4 is 4.74 Å². The topological polar surface area (TPSA) is 65.0 Å². The first-order chi connectivity index (χ1) is 13.6. The molecule has 0 aromatic heterocycles. The maximum absolute atomic E-state index is 12.8. The summed E-state index contributed by atoms with van der Waals surface area (Å²) in [4.78, 5) is 12.8. The minimum Gasteiger partial charge on any atom is -0.504 e. The first-order valence-electron chi connectivity index (χ1n) is 9.07. The monoisotopic (exact) mass is 374 g/mol. The molecule has 5 nitrogen and oxygen atoms in total. The number of carbonyl (C=O) groups excluding carboxylic acids is 1. The lowest BCUT2D eigenvalue weighted by molar-refractivity contribution is -0.179. The van der Waals surface area contributed by atoms with Crippen LogP contribution in [0.2, 0.25) is 0 Å². The fourth-order valence-corrected chi connectivity index (χ4v) is 4.19. The van der Waals surface area contributed by atoms with Crippen molar-refractivity contribution < 1.29 is 24.1 Å². The Morgan fingerprint density at radius 1 is 1.04 bits per heavy atom. The molecule has 2 unspecified atom stereocenters. The van der Waals surface area contributed by atoms with Crippen LogP contribution in [0.15, 0.2) is 66.7 Å². The second kappa shape index (κ2) is 6.11. The average molecular weight is 374 g/mol. The fraction of sp³-hybridized carbons (Fsp3) is 0.174. The van der Waals surface area contributed by atoms with Crippen molar-refractivity contribution >= 4 is 5.97 Å². The Hall–Kier alpha value is -3.31. The van der Waals surface area contributed by atoms with Crippen LogP contribution in [0.3, 0.4) is 0 Å². The summed E-state index contributed by atoms with van der Waals surface area (Å²) in [5, 5.41) is 10.6. The van der Waals surface area contributed by atoms with Crippen LogP contribution >= 0.6 is 0 Å². The van der Waals surface area contributed by atoms with Crippen LogP contribution in [0.1, 0.15) is 28.4 Å². The Kier molecular flexibility index (Phi) is 3.67. The Balaban J connectivity index is 1.94. The summed E-state index contributed by atoms with van der Waals surface area (Å²) >= 11 is 0. The van der Waals surface area contributed by atoms with Gasteiger partial charge in [-0.3, -0.25) is 0 Å². The molecule has 3 aromatic carbocycles. The highest BCUT2D eigenvalue weighted by Gasteiger charge is 2.51. The molecule has 2 heterocycles. The molecule has 3 bridgehead atoms. The Labute approximate surface area is 162 Å². The normalized spacial score (nSPS) is 22.8. The zero-order valence-electron chi connectivity index (χ0n) is 15.2. The molecule has 2 aliphatic heterocycles. The Morgan fingerprint density at radius 2 is 1.71 bits per heavy atom. The largest absolute Gasteiger partial charge is 0.504 e. The molecule has 28 heavy (non-hydrogen) atoms. The molecule has 140 valence electrons. The summed E-state index contributed by atoms with van der Waals surface area (Å²) in [7, 11) is 0. The van der Waals surface area contributed by atoms with Crippen LogP contribution in [0.4, 0.5) is 0 Å². The number of hydrogen-bond donors (Lipinski definition) is 1. The average Bonchev–Trinajstić information content (AvgIpc) is 2.73. The van der Waals surface area contributed by atoms with Gasteiger partial charge in [0, 0.05) is 5.56 Å². The van der Waals surface area contributed by atoms with Crippen LogP contribution in [-0.2, 0) is 14.9 Å². The van der Waals surface area contributed by atoms with Gasteiger partial charge in [0.05, 0.1) is 11.0 Å². The Bertz CT molecular complexity index is 1060. The molecule has 5 rings (SSSR count). The van der Waals surface area contributed by atoms with Gasteiger partial charge >= 0.3 is 5.97 Å². The molecular weight excluding hydrogens is 356 g/mol. The number of carbonyl (C=O) groups is 1. The third kappa shape index (κ3) is 2.26. The number of phenols is 1. The van der Waals surface area contributed by atoms with Gasteiger partial charge in [0.25, 0.3) is 0 Å². The van der Waals surface area contributed by atoms with E-state index in [1.54, 1.807) is 0 Å². The second-order valence-electron chi connectivity index (χ2n) is 7.12. The van der Waals surface area contributed by atoms with Gasteiger partial charge in [-0.15, -0.1) is 0 Å². The maximum Gasteiger partial charge on any atom is 0.340 e. The number of fused-ring (bicyclic) bond motifs is 2. The fourth-order valence-electron chi connectivity index (χ4n) is 4.19. The molecule has 2 atom stereocenters. The van der Waals surface area contributed by atoms with Gasteiger partial charge < -0.3 is 19.3 Å². The lowest BCUT2D eigenvalue weighted by Gasteiger charge is -2.44. The summed E-state index contributed by atoms with van der Waals surface area (Å²) in [6.45, 7) is 1.85. The number of aromatic hydroxyl groups is 1. The van der Waals surface area contributed by atoms with E-state index in [9.17, 15) is 9.90 Å². The van der Waals surface area contributed by atoms with Gasteiger partial charge in [-0.05, 0) is 29.7 Å². The van der Waals surface area contributed by atoms with Crippen LogP contribution in [-0.4, -0.2) is 24.2 Å². The van der Waals surface area contributed by atoms with E-state index in [0.717, 1.165) is 16.7 Å². The molecule has 0 saturated carbocycles. The van der Waals surface area contributed by atoms with Crippen molar-refractivity contribution in [3.05, 3.63) is 83.4 Å². The van der Waals surface area contributed by atoms with E-state index >= 15 is 0 Å². The molecule has 0 saturated heterocycles. The third-order valence-electron chi connectivity index (χ3n) is 5.54. The molecule has 0 amide bonds. The van der Waals surface area contributed by atoms with Crippen molar-refractivity contribution in [2.45, 2.75) is 18.6 Å². The molecule has 0 fully saturated rings. The second-order valence-corrected chi connectivity index (χ2v) is 7.12. The Morgan fingerprint density at radius 3 is 2.43 bits per heavy atom. The van der Waals surface area contributed by atoms with E-state index < -0.39 is 17.7 Å². The summed E-state index contributed by atoms with van der Waals surface area (Å²) in [6.07, 6.45) is -0.852. The highest BCUT2D eigenvalue weighted by Crippen LogP contribution is 2.53. The predicted molar refractivity (Wildman–Crippen MR) is 102 cm³/mol. The van der Waals surface area contributed by atoms with E-state index in [-0.39, 0.29) is 12.5 Å². The first kappa shape index (κ1) is 16.8. The van der Waals surface area contributed by atoms with E-state index in [1.807, 2.05) is 67.6 Å². The van der Waals surface area contributed by atoms with E-state index in [4.69, 9.17) is 14.2 Å². The van der Waals surface area contributed by atoms with Gasteiger partial charge in [-0.25, -0.2) is 4.79 Å². The summed E-state index contributed by atoms with van der Waals surface area (Å²) in [5.41, 5.74) is 2.76. The molecule has 0 spiro atoms. The summed E-state index contributed by atoms with van der Waals surface area (Å²) < 4.78 is 17.2. The molecule has 0 radical (unpaired) electrons. The van der Waals surface area contributed by atoms with Crippen molar-refractivity contribution in [1.82, 2.24) is 0 Å². The van der Waals surface area contributed by atoms with Gasteiger partial charge in [-0.2, -0.15) is 0 Å². The molecular formula is C23H18O5. The van der Waals surface area contributed by atoms with Crippen LogP contribution in [0.5, 0.6) is 11.5 Å². The molecule has 1 N–H and O–H groups in total. The van der Waals surface area contributed by atoms with Crippen molar-refractivity contribution in [2.24, 2.45) is 0 Å². The maximum atomic E-state index is 12.8. The molecule has 5 heteroatoms. The number of rotatable bonds is 2. The lowest BCUT2D eigenvalue weighted by Crippen LogP contribution is -2.49. The minimum atomic E-state index is -0.852. The number of esters is 1. The number of ether oxygens (including phenoxy) is 3. The SMILES string of the molecule is CC1(c2ccccc2)c2c3cc(O)c(c2-c2ccccc2)OCOC1OC3=O. The summed E-state index contributed by atoms with van der Waals surface area (Å²) in [5.74, 6) is -0.330. The highest BCUT2D eigenvalue weighted by atomic mass is 16.8. The third-order valence-corrected chi connectivity index (χ3v) is 5.54. The number of phenolic OH excluding ortho intramolecular Hbond substituents is 1. The van der Waals surface area contributed by atoms with Gasteiger partial charge in [-0.1, -0.05) is 60.7 Å². The highest BCUT2D eigenvalue weighted by molar-refractivity contribution is 5.99. The van der Waals surface area contributed by atoms with Crippen molar-refractivity contribution in [2.75, 3.05) is 6.79 Å². The predicted octanol–water partition coefficient (Wildman–Crippen LogP) is 4.23. The standard InChI is InChI=1S/C23H18O5/c1-23(15-10-6-3-7-11-15)19-16-12-17(24)20(18(19)14-8-4-2-5-9-14)26-13-27-22(23)28-21(16)25/h2-12,22,24H,13H2,1H3. The molecule has 3 aromatic rings. The zero-order valence-corrected chi connectivity index (χ0v) is 15.2. The molecule has 2 aliphatic rings. The lowest BCUT2D eigenvalue weighted by atomic mass is 9.69. The van der Waals surface area contributed by atoms with Gasteiger partial charge in [0.1, 0.15) is 0 Å². The van der Waals surface area contributed by atoms with Crippen molar-refractivity contribution in [3.8, 4) is 22.6 Å². The van der Waals surface area contributed by atoms with Crippen molar-refractivity contribution in [1.29, 1.82) is 0 Å². The van der Waals surface area contributed by atoms with Gasteiger partial charge in [0.2, 0.25) is 6.29 Å². The van der Waals surface area contributed by atoms with Crippen LogP contribution in [0, 0.1) is 0 Å².